The first-order valence-electron chi connectivity index (χ1n) is 5.36. The summed E-state index contributed by atoms with van der Waals surface area (Å²) < 4.78 is 28.0. The molecular formula is C11H16N2O4S. The van der Waals surface area contributed by atoms with E-state index in [1.54, 1.807) is 24.3 Å². The Morgan fingerprint density at radius 2 is 2.06 bits per heavy atom. The fraction of sp³-hybridized carbons (Fsp3) is 0.364. The van der Waals surface area contributed by atoms with Gasteiger partial charge in [0.1, 0.15) is 11.5 Å². The number of sulfone groups is 1. The minimum Gasteiger partial charge on any atom is -0.493 e. The van der Waals surface area contributed by atoms with Crippen LogP contribution < -0.4 is 16.2 Å². The summed E-state index contributed by atoms with van der Waals surface area (Å²) in [6.45, 7) is 0.238. The minimum atomic E-state index is -3.42. The van der Waals surface area contributed by atoms with E-state index in [1.807, 2.05) is 0 Å². The van der Waals surface area contributed by atoms with Gasteiger partial charge in [0.05, 0.1) is 12.4 Å². The number of nitrogens with two attached hydrogens (primary N) is 2. The van der Waals surface area contributed by atoms with E-state index in [9.17, 15) is 13.2 Å². The molecule has 0 saturated carbocycles. The van der Waals surface area contributed by atoms with Gasteiger partial charge in [-0.1, -0.05) is 6.07 Å². The summed E-state index contributed by atoms with van der Waals surface area (Å²) in [5.41, 5.74) is 11.0. The third kappa shape index (κ3) is 5.53. The van der Waals surface area contributed by atoms with Crippen molar-refractivity contribution in [3.63, 3.8) is 0 Å². The molecule has 0 heterocycles. The summed E-state index contributed by atoms with van der Waals surface area (Å²) in [6, 6.07) is 6.85. The average molecular weight is 272 g/mol. The zero-order valence-corrected chi connectivity index (χ0v) is 10.7. The Hall–Kier alpha value is -1.76. The van der Waals surface area contributed by atoms with Crippen molar-refractivity contribution >= 4 is 21.4 Å². The molecule has 0 saturated heterocycles. The van der Waals surface area contributed by atoms with Crippen LogP contribution >= 0.6 is 0 Å². The summed E-state index contributed by atoms with van der Waals surface area (Å²) in [4.78, 5) is 10.5. The lowest BCUT2D eigenvalue weighted by molar-refractivity contribution is -0.115. The van der Waals surface area contributed by atoms with Gasteiger partial charge >= 0.3 is 0 Å². The van der Waals surface area contributed by atoms with E-state index in [0.29, 0.717) is 17.9 Å². The van der Waals surface area contributed by atoms with Crippen LogP contribution in [0.25, 0.3) is 0 Å². The molecule has 0 aliphatic carbocycles. The lowest BCUT2D eigenvalue weighted by Crippen LogP contribution is -2.25. The first kappa shape index (κ1) is 14.3. The predicted octanol–water partition coefficient (Wildman–Crippen LogP) is -0.0622. The highest BCUT2D eigenvalue weighted by Gasteiger charge is 2.13. The smallest absolute Gasteiger partial charge is 0.232 e. The molecule has 1 aromatic carbocycles. The van der Waals surface area contributed by atoms with Crippen LogP contribution in [0.2, 0.25) is 0 Å². The van der Waals surface area contributed by atoms with Crippen LogP contribution in [0.4, 0.5) is 5.69 Å². The largest absolute Gasteiger partial charge is 0.493 e. The number of ether oxygens (including phenoxy) is 1. The van der Waals surface area contributed by atoms with Crippen molar-refractivity contribution in [2.45, 2.75) is 6.42 Å². The molecule has 18 heavy (non-hydrogen) atoms. The predicted molar refractivity (Wildman–Crippen MR) is 68.8 cm³/mol. The number of hydrogen-bond acceptors (Lipinski definition) is 5. The molecule has 0 aromatic heterocycles. The maximum Gasteiger partial charge on any atom is 0.232 e. The number of rotatable bonds is 7. The molecule has 0 bridgehead atoms. The Kier molecular flexibility index (Phi) is 4.96. The number of carbonyl (C=O) groups is 1. The van der Waals surface area contributed by atoms with Gasteiger partial charge in [0, 0.05) is 11.8 Å². The quantitative estimate of drug-likeness (QED) is 0.533. The number of carbonyl (C=O) groups excluding carboxylic acids is 1. The van der Waals surface area contributed by atoms with Gasteiger partial charge in [-0.25, -0.2) is 8.42 Å². The highest BCUT2D eigenvalue weighted by atomic mass is 32.2. The highest BCUT2D eigenvalue weighted by Crippen LogP contribution is 2.14. The number of benzene rings is 1. The van der Waals surface area contributed by atoms with Gasteiger partial charge in [-0.2, -0.15) is 0 Å². The van der Waals surface area contributed by atoms with Crippen LogP contribution in [0.3, 0.4) is 0 Å². The molecule has 6 nitrogen and oxygen atoms in total. The van der Waals surface area contributed by atoms with Gasteiger partial charge in [0.15, 0.2) is 9.84 Å². The second-order valence-corrected chi connectivity index (χ2v) is 6.02. The Morgan fingerprint density at radius 3 is 2.67 bits per heavy atom. The lowest BCUT2D eigenvalue weighted by atomic mass is 10.3. The Balaban J connectivity index is 2.33. The van der Waals surface area contributed by atoms with E-state index < -0.39 is 21.5 Å². The van der Waals surface area contributed by atoms with Crippen molar-refractivity contribution < 1.29 is 17.9 Å². The van der Waals surface area contributed by atoms with Crippen molar-refractivity contribution in [3.05, 3.63) is 24.3 Å². The Labute approximate surface area is 106 Å². The third-order valence-corrected chi connectivity index (χ3v) is 3.72. The molecule has 1 rings (SSSR count). The van der Waals surface area contributed by atoms with Gasteiger partial charge in [0.25, 0.3) is 0 Å². The molecule has 0 fully saturated rings. The normalized spacial score (nSPS) is 11.1. The fourth-order valence-corrected chi connectivity index (χ4v) is 2.50. The maximum absolute atomic E-state index is 11.3. The molecule has 7 heteroatoms. The molecule has 0 spiro atoms. The number of hydrogen-bond donors (Lipinski definition) is 2. The second-order valence-electron chi connectivity index (χ2n) is 3.83. The Bertz CT molecular complexity index is 514. The molecule has 0 aliphatic heterocycles. The van der Waals surface area contributed by atoms with Crippen LogP contribution in [-0.4, -0.2) is 32.4 Å². The average Bonchev–Trinajstić information content (AvgIpc) is 2.23. The summed E-state index contributed by atoms with van der Waals surface area (Å²) in [5, 5.41) is 0. The highest BCUT2D eigenvalue weighted by molar-refractivity contribution is 7.92. The van der Waals surface area contributed by atoms with E-state index in [1.165, 1.54) is 0 Å². The molecule has 0 atom stereocenters. The van der Waals surface area contributed by atoms with Crippen molar-refractivity contribution in [3.8, 4) is 5.75 Å². The fourth-order valence-electron chi connectivity index (χ4n) is 1.36. The second kappa shape index (κ2) is 6.25. The molecule has 1 amide bonds. The van der Waals surface area contributed by atoms with Crippen LogP contribution in [-0.2, 0) is 14.6 Å². The van der Waals surface area contributed by atoms with Crippen LogP contribution in [0.1, 0.15) is 6.42 Å². The van der Waals surface area contributed by atoms with E-state index in [4.69, 9.17) is 16.2 Å². The summed E-state index contributed by atoms with van der Waals surface area (Å²) in [5.74, 6) is -1.00. The van der Waals surface area contributed by atoms with Gasteiger partial charge in [-0.15, -0.1) is 0 Å². The maximum atomic E-state index is 11.3. The van der Waals surface area contributed by atoms with Gasteiger partial charge in [-0.05, 0) is 18.6 Å². The molecule has 0 unspecified atom stereocenters. The zero-order chi connectivity index (χ0) is 13.6. The zero-order valence-electron chi connectivity index (χ0n) is 9.83. The number of nitrogen functional groups attached to an aromatic ring is 1. The molecule has 4 N–H and O–H groups in total. The van der Waals surface area contributed by atoms with E-state index in [0.717, 1.165) is 0 Å². The number of amides is 1. The van der Waals surface area contributed by atoms with Crippen LogP contribution in [0.5, 0.6) is 5.75 Å². The standard InChI is InChI=1S/C11H16N2O4S/c12-9-3-1-4-10(7-9)17-5-2-6-18(15,16)8-11(13)14/h1,3-4,7H,2,5-6,8,12H2,(H2,13,14). The summed E-state index contributed by atoms with van der Waals surface area (Å²) >= 11 is 0. The first-order valence-corrected chi connectivity index (χ1v) is 7.18. The molecular weight excluding hydrogens is 256 g/mol. The minimum absolute atomic E-state index is 0.127. The molecule has 0 radical (unpaired) electrons. The first-order chi connectivity index (χ1) is 8.39. The van der Waals surface area contributed by atoms with Gasteiger partial charge in [-0.3, -0.25) is 4.79 Å². The van der Waals surface area contributed by atoms with Crippen LogP contribution in [0, 0.1) is 0 Å². The van der Waals surface area contributed by atoms with Crippen LogP contribution in [0.15, 0.2) is 24.3 Å². The monoisotopic (exact) mass is 272 g/mol. The lowest BCUT2D eigenvalue weighted by Gasteiger charge is -2.06. The topological polar surface area (TPSA) is 112 Å². The Morgan fingerprint density at radius 1 is 1.33 bits per heavy atom. The summed E-state index contributed by atoms with van der Waals surface area (Å²) in [6.07, 6.45) is 0.296. The third-order valence-electron chi connectivity index (χ3n) is 2.09. The van der Waals surface area contributed by atoms with Crippen molar-refractivity contribution in [1.82, 2.24) is 0 Å². The summed E-state index contributed by atoms with van der Waals surface area (Å²) in [7, 11) is -3.42. The SMILES string of the molecule is NC(=O)CS(=O)(=O)CCCOc1cccc(N)c1. The molecule has 1 aromatic rings. The van der Waals surface area contributed by atoms with E-state index in [2.05, 4.69) is 0 Å². The van der Waals surface area contributed by atoms with Gasteiger partial charge < -0.3 is 16.2 Å². The van der Waals surface area contributed by atoms with E-state index >= 15 is 0 Å². The van der Waals surface area contributed by atoms with Gasteiger partial charge in [0.2, 0.25) is 5.91 Å². The molecule has 0 aliphatic rings. The number of primary amides is 1. The van der Waals surface area contributed by atoms with Crippen molar-refractivity contribution in [2.24, 2.45) is 5.73 Å². The van der Waals surface area contributed by atoms with Crippen molar-refractivity contribution in [2.75, 3.05) is 23.8 Å². The van der Waals surface area contributed by atoms with E-state index in [-0.39, 0.29) is 12.4 Å². The van der Waals surface area contributed by atoms with Crippen molar-refractivity contribution in [1.29, 1.82) is 0 Å². The molecule has 100 valence electrons. The number of anilines is 1.